The highest BCUT2D eigenvalue weighted by atomic mass is 35.5. The second-order valence-corrected chi connectivity index (χ2v) is 8.96. The van der Waals surface area contributed by atoms with Crippen LogP contribution in [-0.2, 0) is 16.0 Å². The van der Waals surface area contributed by atoms with Crippen molar-refractivity contribution < 1.29 is 19.4 Å². The van der Waals surface area contributed by atoms with Gasteiger partial charge in [0.25, 0.3) is 0 Å². The number of esters is 1. The van der Waals surface area contributed by atoms with Gasteiger partial charge < -0.3 is 19.6 Å². The van der Waals surface area contributed by atoms with E-state index in [4.69, 9.17) is 16.3 Å². The van der Waals surface area contributed by atoms with Crippen molar-refractivity contribution in [3.8, 4) is 0 Å². The molecule has 0 saturated carbocycles. The van der Waals surface area contributed by atoms with E-state index < -0.39 is 18.0 Å². The summed E-state index contributed by atoms with van der Waals surface area (Å²) in [6.07, 6.45) is 0.777. The van der Waals surface area contributed by atoms with Gasteiger partial charge in [-0.25, -0.2) is 9.59 Å². The zero-order valence-electron chi connectivity index (χ0n) is 17.9. The predicted octanol–water partition coefficient (Wildman–Crippen LogP) is 4.76. The third kappa shape index (κ3) is 4.24. The Labute approximate surface area is 182 Å². The molecule has 30 heavy (non-hydrogen) atoms. The number of fused-ring (bicyclic) bond motifs is 1. The number of rotatable bonds is 5. The van der Waals surface area contributed by atoms with E-state index in [1.165, 1.54) is 7.11 Å². The highest BCUT2D eigenvalue weighted by molar-refractivity contribution is 6.31. The fourth-order valence-electron chi connectivity index (χ4n) is 3.94. The summed E-state index contributed by atoms with van der Waals surface area (Å²) in [5.41, 5.74) is 3.79. The predicted molar refractivity (Wildman–Crippen MR) is 119 cm³/mol. The van der Waals surface area contributed by atoms with Crippen molar-refractivity contribution >= 4 is 40.6 Å². The smallest absolute Gasteiger partial charge is 0.340 e. The van der Waals surface area contributed by atoms with Crippen LogP contribution in [0.3, 0.4) is 0 Å². The van der Waals surface area contributed by atoms with Gasteiger partial charge in [-0.15, -0.1) is 0 Å². The second-order valence-electron chi connectivity index (χ2n) is 8.52. The lowest BCUT2D eigenvalue weighted by molar-refractivity contribution is -0.138. The molecule has 1 heterocycles. The molecule has 6 nitrogen and oxygen atoms in total. The Kier molecular flexibility index (Phi) is 5.99. The topological polar surface area (TPSA) is 70.1 Å². The molecule has 1 aliphatic heterocycles. The van der Waals surface area contributed by atoms with E-state index in [0.29, 0.717) is 17.1 Å². The highest BCUT2D eigenvalue weighted by Crippen LogP contribution is 2.44. The summed E-state index contributed by atoms with van der Waals surface area (Å²) >= 11 is 6.31. The summed E-state index contributed by atoms with van der Waals surface area (Å²) in [4.78, 5) is 27.8. The third-order valence-electron chi connectivity index (χ3n) is 5.57. The molecule has 1 N–H and O–H groups in total. The van der Waals surface area contributed by atoms with Crippen LogP contribution in [0, 0.1) is 5.41 Å². The largest absolute Gasteiger partial charge is 0.480 e. The molecule has 0 amide bonds. The van der Waals surface area contributed by atoms with Crippen LogP contribution in [0.25, 0.3) is 0 Å². The molecule has 1 atom stereocenters. The van der Waals surface area contributed by atoms with Crippen molar-refractivity contribution in [3.63, 3.8) is 0 Å². The van der Waals surface area contributed by atoms with Crippen molar-refractivity contribution in [2.24, 2.45) is 5.41 Å². The van der Waals surface area contributed by atoms with Gasteiger partial charge in [-0.1, -0.05) is 31.5 Å². The SMILES string of the molecule is COC(=O)c1cc(Cl)cc2c1N(c1cccc(N(C)C(C)C(=O)O)c1)CC(C)(C)C2. The Morgan fingerprint density at radius 2 is 1.97 bits per heavy atom. The lowest BCUT2D eigenvalue weighted by atomic mass is 9.80. The summed E-state index contributed by atoms with van der Waals surface area (Å²) in [7, 11) is 3.11. The zero-order valence-corrected chi connectivity index (χ0v) is 18.7. The van der Waals surface area contributed by atoms with Gasteiger partial charge >= 0.3 is 11.9 Å². The number of ether oxygens (including phenoxy) is 1. The molecule has 0 radical (unpaired) electrons. The number of methoxy groups -OCH3 is 1. The Bertz CT molecular complexity index is 989. The maximum Gasteiger partial charge on any atom is 0.340 e. The summed E-state index contributed by atoms with van der Waals surface area (Å²) in [6, 6.07) is 10.5. The first-order valence-electron chi connectivity index (χ1n) is 9.78. The van der Waals surface area contributed by atoms with E-state index in [1.54, 1.807) is 24.9 Å². The number of nitrogens with zero attached hydrogens (tertiary/aromatic N) is 2. The van der Waals surface area contributed by atoms with E-state index in [-0.39, 0.29) is 5.41 Å². The number of aliphatic carboxylic acids is 1. The quantitative estimate of drug-likeness (QED) is 0.690. The standard InChI is InChI=1S/C23H27ClN2O4/c1-14(21(27)28)25(4)17-7-6-8-18(11-17)26-13-23(2,3)12-15-9-16(24)10-19(20(15)26)22(29)30-5/h6-11,14H,12-13H2,1-5H3,(H,27,28). The molecule has 2 aromatic rings. The lowest BCUT2D eigenvalue weighted by Gasteiger charge is -2.42. The third-order valence-corrected chi connectivity index (χ3v) is 5.79. The lowest BCUT2D eigenvalue weighted by Crippen LogP contribution is -2.39. The number of carboxylic acids is 1. The van der Waals surface area contributed by atoms with Crippen LogP contribution < -0.4 is 9.80 Å². The Morgan fingerprint density at radius 1 is 1.27 bits per heavy atom. The van der Waals surface area contributed by atoms with Gasteiger partial charge in [0.05, 0.1) is 18.4 Å². The maximum atomic E-state index is 12.5. The summed E-state index contributed by atoms with van der Waals surface area (Å²) < 4.78 is 5.02. The van der Waals surface area contributed by atoms with Gasteiger partial charge in [0.1, 0.15) is 6.04 Å². The van der Waals surface area contributed by atoms with Crippen molar-refractivity contribution in [3.05, 3.63) is 52.5 Å². The summed E-state index contributed by atoms with van der Waals surface area (Å²) in [5.74, 6) is -1.33. The number of carbonyl (C=O) groups is 2. The molecule has 0 saturated heterocycles. The number of halogens is 1. The van der Waals surface area contributed by atoms with Crippen LogP contribution in [0.2, 0.25) is 5.02 Å². The van der Waals surface area contributed by atoms with Crippen LogP contribution in [0.15, 0.2) is 36.4 Å². The van der Waals surface area contributed by atoms with Crippen LogP contribution in [0.4, 0.5) is 17.1 Å². The minimum Gasteiger partial charge on any atom is -0.480 e. The van der Waals surface area contributed by atoms with Gasteiger partial charge in [0.2, 0.25) is 0 Å². The average Bonchev–Trinajstić information content (AvgIpc) is 2.69. The molecule has 7 heteroatoms. The molecule has 2 aromatic carbocycles. The second kappa shape index (κ2) is 8.19. The monoisotopic (exact) mass is 430 g/mol. The van der Waals surface area contributed by atoms with Gasteiger partial charge in [-0.2, -0.15) is 0 Å². The van der Waals surface area contributed by atoms with Gasteiger partial charge in [0.15, 0.2) is 0 Å². The average molecular weight is 431 g/mol. The van der Waals surface area contributed by atoms with E-state index in [1.807, 2.05) is 30.3 Å². The molecule has 0 aromatic heterocycles. The molecular formula is C23H27ClN2O4. The maximum absolute atomic E-state index is 12.5. The number of likely N-dealkylation sites (N-methyl/N-ethyl adjacent to an activating group) is 1. The fraction of sp³-hybridized carbons (Fsp3) is 0.391. The Morgan fingerprint density at radius 3 is 2.60 bits per heavy atom. The first-order valence-corrected chi connectivity index (χ1v) is 10.2. The van der Waals surface area contributed by atoms with Crippen molar-refractivity contribution in [2.45, 2.75) is 33.2 Å². The molecule has 0 fully saturated rings. The molecule has 1 unspecified atom stereocenters. The molecule has 0 bridgehead atoms. The molecule has 3 rings (SSSR count). The van der Waals surface area contributed by atoms with Crippen molar-refractivity contribution in [1.82, 2.24) is 0 Å². The van der Waals surface area contributed by atoms with E-state index in [0.717, 1.165) is 29.0 Å². The molecule has 0 aliphatic carbocycles. The van der Waals surface area contributed by atoms with Crippen LogP contribution in [0.1, 0.15) is 36.7 Å². The number of hydrogen-bond donors (Lipinski definition) is 1. The van der Waals surface area contributed by atoms with Crippen LogP contribution in [0.5, 0.6) is 0 Å². The first kappa shape index (κ1) is 22.0. The molecule has 0 spiro atoms. The van der Waals surface area contributed by atoms with E-state index in [9.17, 15) is 14.7 Å². The zero-order chi connectivity index (χ0) is 22.2. The number of carbonyl (C=O) groups excluding carboxylic acids is 1. The molecular weight excluding hydrogens is 404 g/mol. The van der Waals surface area contributed by atoms with Crippen molar-refractivity contribution in [1.29, 1.82) is 0 Å². The first-order chi connectivity index (χ1) is 14.0. The molecule has 1 aliphatic rings. The highest BCUT2D eigenvalue weighted by Gasteiger charge is 2.35. The number of hydrogen-bond acceptors (Lipinski definition) is 5. The molecule has 160 valence electrons. The Hall–Kier alpha value is -2.73. The number of anilines is 3. The summed E-state index contributed by atoms with van der Waals surface area (Å²) in [6.45, 7) is 6.67. The van der Waals surface area contributed by atoms with Gasteiger partial charge in [-0.05, 0) is 54.7 Å². The van der Waals surface area contributed by atoms with Crippen LogP contribution >= 0.6 is 11.6 Å². The Balaban J connectivity index is 2.15. The number of carboxylic acid groups (broad SMARTS) is 1. The van der Waals surface area contributed by atoms with Gasteiger partial charge in [-0.3, -0.25) is 0 Å². The minimum atomic E-state index is -0.894. The van der Waals surface area contributed by atoms with Crippen LogP contribution in [-0.4, -0.2) is 43.8 Å². The number of benzene rings is 2. The normalized spacial score (nSPS) is 15.9. The minimum absolute atomic E-state index is 0.0542. The summed E-state index contributed by atoms with van der Waals surface area (Å²) in [5, 5.41) is 9.86. The van der Waals surface area contributed by atoms with Gasteiger partial charge in [0, 0.05) is 30.0 Å². The van der Waals surface area contributed by atoms with Crippen molar-refractivity contribution in [2.75, 3.05) is 30.5 Å². The fourth-order valence-corrected chi connectivity index (χ4v) is 4.18. The van der Waals surface area contributed by atoms with E-state index in [2.05, 4.69) is 18.7 Å². The van der Waals surface area contributed by atoms with E-state index >= 15 is 0 Å².